The lowest BCUT2D eigenvalue weighted by atomic mass is 10.1. The minimum atomic E-state index is -0.804. The highest BCUT2D eigenvalue weighted by atomic mass is 16.5. The number of ether oxygens (including phenoxy) is 1. The SMILES string of the molecule is C/C(=C\CCCCCCCCCCOc1ccccc1)C(=O)O. The predicted molar refractivity (Wildman–Crippen MR) is 94.9 cm³/mol. The van der Waals surface area contributed by atoms with E-state index in [0.717, 1.165) is 31.6 Å². The fraction of sp³-hybridized carbons (Fsp3) is 0.550. The molecule has 1 aromatic carbocycles. The van der Waals surface area contributed by atoms with Gasteiger partial charge in [-0.05, 0) is 38.3 Å². The first-order valence-electron chi connectivity index (χ1n) is 8.78. The molecule has 0 aliphatic heterocycles. The van der Waals surface area contributed by atoms with Crippen LogP contribution >= 0.6 is 0 Å². The summed E-state index contributed by atoms with van der Waals surface area (Å²) in [6, 6.07) is 9.97. The first-order valence-corrected chi connectivity index (χ1v) is 8.78. The highest BCUT2D eigenvalue weighted by Crippen LogP contribution is 2.12. The van der Waals surface area contributed by atoms with Gasteiger partial charge in [-0.3, -0.25) is 0 Å². The van der Waals surface area contributed by atoms with E-state index >= 15 is 0 Å². The van der Waals surface area contributed by atoms with Gasteiger partial charge in [0.05, 0.1) is 6.61 Å². The highest BCUT2D eigenvalue weighted by Gasteiger charge is 1.98. The zero-order valence-electron chi connectivity index (χ0n) is 14.3. The molecule has 0 spiro atoms. The summed E-state index contributed by atoms with van der Waals surface area (Å²) >= 11 is 0. The van der Waals surface area contributed by atoms with Gasteiger partial charge in [0.25, 0.3) is 0 Å². The van der Waals surface area contributed by atoms with Gasteiger partial charge >= 0.3 is 5.97 Å². The van der Waals surface area contributed by atoms with Gasteiger partial charge < -0.3 is 9.84 Å². The maximum Gasteiger partial charge on any atom is 0.330 e. The van der Waals surface area contributed by atoms with Crippen molar-refractivity contribution in [1.82, 2.24) is 0 Å². The summed E-state index contributed by atoms with van der Waals surface area (Å²) < 4.78 is 5.67. The van der Waals surface area contributed by atoms with E-state index in [1.54, 1.807) is 6.92 Å². The van der Waals surface area contributed by atoms with E-state index in [1.807, 2.05) is 36.4 Å². The maximum atomic E-state index is 10.6. The van der Waals surface area contributed by atoms with Crippen LogP contribution in [0.1, 0.15) is 64.7 Å². The summed E-state index contributed by atoms with van der Waals surface area (Å²) in [5.74, 6) is 0.154. The number of hydrogen-bond donors (Lipinski definition) is 1. The molecule has 3 heteroatoms. The monoisotopic (exact) mass is 318 g/mol. The van der Waals surface area contributed by atoms with Crippen LogP contribution in [-0.4, -0.2) is 17.7 Å². The normalized spacial score (nSPS) is 11.4. The third-order valence-electron chi connectivity index (χ3n) is 3.90. The van der Waals surface area contributed by atoms with E-state index in [1.165, 1.54) is 38.5 Å². The number of benzene rings is 1. The summed E-state index contributed by atoms with van der Waals surface area (Å²) in [6.45, 7) is 2.46. The van der Waals surface area contributed by atoms with Gasteiger partial charge in [0.1, 0.15) is 5.75 Å². The van der Waals surface area contributed by atoms with E-state index in [-0.39, 0.29) is 0 Å². The number of para-hydroxylation sites is 1. The molecule has 0 amide bonds. The Morgan fingerprint density at radius 2 is 1.52 bits per heavy atom. The van der Waals surface area contributed by atoms with Crippen molar-refractivity contribution in [3.63, 3.8) is 0 Å². The molecule has 1 N–H and O–H groups in total. The molecular weight excluding hydrogens is 288 g/mol. The van der Waals surface area contributed by atoms with E-state index in [0.29, 0.717) is 5.57 Å². The van der Waals surface area contributed by atoms with E-state index in [4.69, 9.17) is 9.84 Å². The zero-order chi connectivity index (χ0) is 16.8. The fourth-order valence-corrected chi connectivity index (χ4v) is 2.42. The molecule has 0 unspecified atom stereocenters. The van der Waals surface area contributed by atoms with E-state index < -0.39 is 5.97 Å². The van der Waals surface area contributed by atoms with Gasteiger partial charge in [-0.25, -0.2) is 4.79 Å². The Morgan fingerprint density at radius 3 is 2.13 bits per heavy atom. The summed E-state index contributed by atoms with van der Waals surface area (Å²) in [7, 11) is 0. The van der Waals surface area contributed by atoms with Crippen molar-refractivity contribution in [2.24, 2.45) is 0 Å². The Hall–Kier alpha value is -1.77. The molecule has 0 fully saturated rings. The van der Waals surface area contributed by atoms with Crippen molar-refractivity contribution in [2.45, 2.75) is 64.7 Å². The topological polar surface area (TPSA) is 46.5 Å². The first-order chi connectivity index (χ1) is 11.2. The summed E-state index contributed by atoms with van der Waals surface area (Å²) in [5, 5.41) is 8.73. The molecule has 0 saturated heterocycles. The zero-order valence-corrected chi connectivity index (χ0v) is 14.3. The molecule has 0 radical (unpaired) electrons. The largest absolute Gasteiger partial charge is 0.494 e. The minimum absolute atomic E-state index is 0.461. The Bertz CT molecular complexity index is 451. The molecule has 1 rings (SSSR count). The minimum Gasteiger partial charge on any atom is -0.494 e. The second-order valence-corrected chi connectivity index (χ2v) is 5.97. The molecule has 0 aliphatic rings. The van der Waals surface area contributed by atoms with Crippen LogP contribution in [0.15, 0.2) is 42.0 Å². The number of rotatable bonds is 13. The van der Waals surface area contributed by atoms with Crippen LogP contribution in [0, 0.1) is 0 Å². The lowest BCUT2D eigenvalue weighted by Gasteiger charge is -2.05. The first kappa shape index (κ1) is 19.3. The van der Waals surface area contributed by atoms with Crippen LogP contribution in [0.2, 0.25) is 0 Å². The molecular formula is C20H30O3. The molecule has 3 nitrogen and oxygen atoms in total. The lowest BCUT2D eigenvalue weighted by Crippen LogP contribution is -1.96. The molecule has 23 heavy (non-hydrogen) atoms. The number of carbonyl (C=O) groups is 1. The lowest BCUT2D eigenvalue weighted by molar-refractivity contribution is -0.132. The summed E-state index contributed by atoms with van der Waals surface area (Å²) in [5.41, 5.74) is 0.461. The molecule has 0 heterocycles. The van der Waals surface area contributed by atoms with E-state index in [2.05, 4.69) is 0 Å². The molecule has 0 aromatic heterocycles. The summed E-state index contributed by atoms with van der Waals surface area (Å²) in [4.78, 5) is 10.6. The molecule has 0 saturated carbocycles. The van der Waals surface area contributed by atoms with Gasteiger partial charge in [0.2, 0.25) is 0 Å². The Labute approximate surface area is 140 Å². The van der Waals surface area contributed by atoms with Gasteiger partial charge in [-0.2, -0.15) is 0 Å². The molecule has 0 atom stereocenters. The van der Waals surface area contributed by atoms with Crippen molar-refractivity contribution < 1.29 is 14.6 Å². The maximum absolute atomic E-state index is 10.6. The average Bonchev–Trinajstić information content (AvgIpc) is 2.56. The Morgan fingerprint density at radius 1 is 0.957 bits per heavy atom. The van der Waals surface area contributed by atoms with Crippen LogP contribution in [0.4, 0.5) is 0 Å². The van der Waals surface area contributed by atoms with Gasteiger partial charge in [-0.15, -0.1) is 0 Å². The Balaban J connectivity index is 1.83. The Kier molecular flexibility index (Phi) is 10.7. The van der Waals surface area contributed by atoms with Crippen molar-refractivity contribution in [1.29, 1.82) is 0 Å². The van der Waals surface area contributed by atoms with Crippen LogP contribution in [-0.2, 0) is 4.79 Å². The number of allylic oxidation sites excluding steroid dienone is 1. The van der Waals surface area contributed by atoms with Crippen molar-refractivity contribution >= 4 is 5.97 Å². The third-order valence-corrected chi connectivity index (χ3v) is 3.90. The number of unbranched alkanes of at least 4 members (excludes halogenated alkanes) is 8. The van der Waals surface area contributed by atoms with Gasteiger partial charge in [-0.1, -0.05) is 62.8 Å². The van der Waals surface area contributed by atoms with E-state index in [9.17, 15) is 4.79 Å². The van der Waals surface area contributed by atoms with Crippen molar-refractivity contribution in [2.75, 3.05) is 6.61 Å². The van der Waals surface area contributed by atoms with Crippen LogP contribution in [0.5, 0.6) is 5.75 Å². The smallest absolute Gasteiger partial charge is 0.330 e. The molecule has 1 aromatic rings. The van der Waals surface area contributed by atoms with Crippen LogP contribution in [0.3, 0.4) is 0 Å². The van der Waals surface area contributed by atoms with Crippen LogP contribution < -0.4 is 4.74 Å². The number of carboxylic acid groups (broad SMARTS) is 1. The van der Waals surface area contributed by atoms with Crippen molar-refractivity contribution in [3.8, 4) is 5.75 Å². The number of hydrogen-bond acceptors (Lipinski definition) is 2. The molecule has 0 aliphatic carbocycles. The fourth-order valence-electron chi connectivity index (χ4n) is 2.42. The number of carboxylic acids is 1. The van der Waals surface area contributed by atoms with Gasteiger partial charge in [0.15, 0.2) is 0 Å². The standard InChI is InChI=1S/C20H30O3/c1-18(20(21)22)14-10-7-5-3-2-4-6-8-13-17-23-19-15-11-9-12-16-19/h9,11-12,14-16H,2-8,10,13,17H2,1H3,(H,21,22)/b18-14+. The van der Waals surface area contributed by atoms with Crippen LogP contribution in [0.25, 0.3) is 0 Å². The highest BCUT2D eigenvalue weighted by molar-refractivity contribution is 5.85. The van der Waals surface area contributed by atoms with Gasteiger partial charge in [0, 0.05) is 5.57 Å². The third kappa shape index (κ3) is 10.6. The average molecular weight is 318 g/mol. The summed E-state index contributed by atoms with van der Waals surface area (Å²) in [6.07, 6.45) is 12.4. The molecule has 128 valence electrons. The van der Waals surface area contributed by atoms with Crippen molar-refractivity contribution in [3.05, 3.63) is 42.0 Å². The quantitative estimate of drug-likeness (QED) is 0.380. The molecule has 0 bridgehead atoms. The number of aliphatic carboxylic acids is 1. The second kappa shape index (κ2) is 12.7. The second-order valence-electron chi connectivity index (χ2n) is 5.97. The predicted octanol–water partition coefficient (Wildman–Crippen LogP) is 5.61.